The third kappa shape index (κ3) is 3.71. The average Bonchev–Trinajstić information content (AvgIpc) is 2.62. The molecule has 0 radical (unpaired) electrons. The van der Waals surface area contributed by atoms with Gasteiger partial charge in [0.05, 0.1) is 0 Å². The first-order valence-corrected chi connectivity index (χ1v) is 6.91. The van der Waals surface area contributed by atoms with Crippen LogP contribution in [0.5, 0.6) is 0 Å². The van der Waals surface area contributed by atoms with Crippen molar-refractivity contribution in [1.82, 2.24) is 15.5 Å². The van der Waals surface area contributed by atoms with E-state index < -0.39 is 41.9 Å². The Kier molecular flexibility index (Phi) is 5.28. The highest BCUT2D eigenvalue weighted by molar-refractivity contribution is 6.08. The summed E-state index contributed by atoms with van der Waals surface area (Å²) in [5, 5.41) is 13.8. The van der Waals surface area contributed by atoms with Crippen molar-refractivity contribution in [3.05, 3.63) is 0 Å². The summed E-state index contributed by atoms with van der Waals surface area (Å²) in [6.45, 7) is 4.66. The van der Waals surface area contributed by atoms with Crippen LogP contribution < -0.4 is 10.6 Å². The molecule has 1 aliphatic rings. The molecule has 1 aliphatic heterocycles. The van der Waals surface area contributed by atoms with Crippen LogP contribution in [0.25, 0.3) is 0 Å². The van der Waals surface area contributed by atoms with Gasteiger partial charge in [0.25, 0.3) is 5.91 Å². The van der Waals surface area contributed by atoms with E-state index in [9.17, 15) is 19.2 Å². The van der Waals surface area contributed by atoms with Gasteiger partial charge in [0.2, 0.25) is 5.91 Å². The summed E-state index contributed by atoms with van der Waals surface area (Å²) in [7, 11) is 0. The number of hydrogen-bond donors (Lipinski definition) is 3. The number of nitrogens with one attached hydrogen (secondary N) is 2. The lowest BCUT2D eigenvalue weighted by Crippen LogP contribution is -2.48. The predicted molar refractivity (Wildman–Crippen MR) is 73.4 cm³/mol. The molecule has 3 N–H and O–H groups in total. The lowest BCUT2D eigenvalue weighted by Gasteiger charge is -2.19. The molecule has 0 aromatic heterocycles. The summed E-state index contributed by atoms with van der Waals surface area (Å²) in [6, 6.07) is -1.65. The number of urea groups is 1. The zero-order chi connectivity index (χ0) is 16.2. The maximum absolute atomic E-state index is 12.1. The van der Waals surface area contributed by atoms with E-state index in [1.807, 2.05) is 0 Å². The Labute approximate surface area is 122 Å². The SMILES string of the molecule is CCC[C@@H](NC(=O)CN1C(=O)NC(C)(CC)C1=O)C(=O)O. The first-order chi connectivity index (χ1) is 9.75. The molecule has 1 heterocycles. The van der Waals surface area contributed by atoms with Crippen molar-refractivity contribution in [2.45, 2.75) is 51.6 Å². The molecule has 0 aromatic rings. The predicted octanol–water partition coefficient (Wildman–Crippen LogP) is 0.0764. The van der Waals surface area contributed by atoms with Crippen LogP contribution in [-0.2, 0) is 14.4 Å². The Balaban J connectivity index is 2.69. The molecule has 0 aromatic carbocycles. The first kappa shape index (κ1) is 16.9. The van der Waals surface area contributed by atoms with E-state index in [0.29, 0.717) is 12.8 Å². The van der Waals surface area contributed by atoms with E-state index in [0.717, 1.165) is 4.90 Å². The summed E-state index contributed by atoms with van der Waals surface area (Å²) >= 11 is 0. The second-order valence-corrected chi connectivity index (χ2v) is 5.25. The zero-order valence-electron chi connectivity index (χ0n) is 12.4. The number of carbonyl (C=O) groups excluding carboxylic acids is 3. The highest BCUT2D eigenvalue weighted by atomic mass is 16.4. The van der Waals surface area contributed by atoms with Crippen molar-refractivity contribution in [2.24, 2.45) is 0 Å². The standard InChI is InChI=1S/C13H21N3O5/c1-4-6-8(10(18)19)14-9(17)7-16-11(20)13(3,5-2)15-12(16)21/h8H,4-7H2,1-3H3,(H,14,17)(H,15,21)(H,18,19)/t8-,13?/m1/s1. The Morgan fingerprint density at radius 3 is 2.43 bits per heavy atom. The largest absolute Gasteiger partial charge is 0.480 e. The number of carboxylic acids is 1. The Morgan fingerprint density at radius 2 is 2.00 bits per heavy atom. The Hall–Kier alpha value is -2.12. The molecule has 1 fully saturated rings. The average molecular weight is 299 g/mol. The molecule has 0 saturated carbocycles. The first-order valence-electron chi connectivity index (χ1n) is 6.91. The molecule has 0 aliphatic carbocycles. The fourth-order valence-corrected chi connectivity index (χ4v) is 2.06. The third-order valence-electron chi connectivity index (χ3n) is 3.56. The number of nitrogens with zero attached hydrogens (tertiary/aromatic N) is 1. The van der Waals surface area contributed by atoms with E-state index in [2.05, 4.69) is 10.6 Å². The van der Waals surface area contributed by atoms with E-state index in [4.69, 9.17) is 5.11 Å². The minimum absolute atomic E-state index is 0.286. The number of carbonyl (C=O) groups is 4. The van der Waals surface area contributed by atoms with Gasteiger partial charge in [-0.15, -0.1) is 0 Å². The Morgan fingerprint density at radius 1 is 1.38 bits per heavy atom. The molecule has 1 rings (SSSR count). The molecule has 2 atom stereocenters. The van der Waals surface area contributed by atoms with Crippen LogP contribution >= 0.6 is 0 Å². The molecule has 0 spiro atoms. The van der Waals surface area contributed by atoms with Crippen LogP contribution in [0.3, 0.4) is 0 Å². The normalized spacial score (nSPS) is 22.9. The number of imide groups is 1. The molecule has 1 unspecified atom stereocenters. The van der Waals surface area contributed by atoms with E-state index in [1.54, 1.807) is 20.8 Å². The summed E-state index contributed by atoms with van der Waals surface area (Å²) in [4.78, 5) is 47.4. The van der Waals surface area contributed by atoms with Gasteiger partial charge in [0.1, 0.15) is 18.1 Å². The lowest BCUT2D eigenvalue weighted by atomic mass is 9.99. The molecule has 21 heavy (non-hydrogen) atoms. The van der Waals surface area contributed by atoms with Gasteiger partial charge in [-0.1, -0.05) is 20.3 Å². The highest BCUT2D eigenvalue weighted by Gasteiger charge is 2.47. The summed E-state index contributed by atoms with van der Waals surface area (Å²) < 4.78 is 0. The molecule has 8 heteroatoms. The van der Waals surface area contributed by atoms with Crippen molar-refractivity contribution in [1.29, 1.82) is 0 Å². The second kappa shape index (κ2) is 6.55. The lowest BCUT2D eigenvalue weighted by molar-refractivity contribution is -0.142. The van der Waals surface area contributed by atoms with Crippen LogP contribution in [0.15, 0.2) is 0 Å². The van der Waals surface area contributed by atoms with E-state index in [-0.39, 0.29) is 6.42 Å². The van der Waals surface area contributed by atoms with Crippen LogP contribution in [-0.4, -0.2) is 51.9 Å². The smallest absolute Gasteiger partial charge is 0.326 e. The minimum Gasteiger partial charge on any atom is -0.480 e. The van der Waals surface area contributed by atoms with Gasteiger partial charge in [0.15, 0.2) is 0 Å². The van der Waals surface area contributed by atoms with Crippen LogP contribution in [0.2, 0.25) is 0 Å². The van der Waals surface area contributed by atoms with E-state index >= 15 is 0 Å². The molecule has 118 valence electrons. The van der Waals surface area contributed by atoms with Crippen molar-refractivity contribution in [3.63, 3.8) is 0 Å². The van der Waals surface area contributed by atoms with Crippen LogP contribution in [0.1, 0.15) is 40.0 Å². The zero-order valence-corrected chi connectivity index (χ0v) is 12.4. The van der Waals surface area contributed by atoms with Crippen LogP contribution in [0, 0.1) is 0 Å². The van der Waals surface area contributed by atoms with Crippen molar-refractivity contribution in [3.8, 4) is 0 Å². The van der Waals surface area contributed by atoms with Gasteiger partial charge >= 0.3 is 12.0 Å². The maximum atomic E-state index is 12.1. The van der Waals surface area contributed by atoms with Crippen molar-refractivity contribution in [2.75, 3.05) is 6.54 Å². The topological polar surface area (TPSA) is 116 Å². The van der Waals surface area contributed by atoms with Gasteiger partial charge in [-0.25, -0.2) is 9.59 Å². The number of amides is 4. The summed E-state index contributed by atoms with van der Waals surface area (Å²) in [5.41, 5.74) is -1.01. The van der Waals surface area contributed by atoms with Gasteiger partial charge in [-0.3, -0.25) is 14.5 Å². The quantitative estimate of drug-likeness (QED) is 0.576. The molecule has 4 amide bonds. The summed E-state index contributed by atoms with van der Waals surface area (Å²) in [5.74, 6) is -2.28. The highest BCUT2D eigenvalue weighted by Crippen LogP contribution is 2.20. The van der Waals surface area contributed by atoms with Crippen molar-refractivity contribution < 1.29 is 24.3 Å². The number of hydrogen-bond acceptors (Lipinski definition) is 4. The van der Waals surface area contributed by atoms with Gasteiger partial charge < -0.3 is 15.7 Å². The second-order valence-electron chi connectivity index (χ2n) is 5.25. The number of rotatable bonds is 7. The minimum atomic E-state index is -1.14. The van der Waals surface area contributed by atoms with Gasteiger partial charge in [0, 0.05) is 0 Å². The van der Waals surface area contributed by atoms with Crippen molar-refractivity contribution >= 4 is 23.8 Å². The molecule has 0 bridgehead atoms. The monoisotopic (exact) mass is 299 g/mol. The molecular weight excluding hydrogens is 278 g/mol. The van der Waals surface area contributed by atoms with E-state index in [1.165, 1.54) is 0 Å². The fraction of sp³-hybridized carbons (Fsp3) is 0.692. The molecular formula is C13H21N3O5. The number of aliphatic carboxylic acids is 1. The maximum Gasteiger partial charge on any atom is 0.326 e. The number of carboxylic acid groups (broad SMARTS) is 1. The molecule has 8 nitrogen and oxygen atoms in total. The van der Waals surface area contributed by atoms with Crippen LogP contribution in [0.4, 0.5) is 4.79 Å². The third-order valence-corrected chi connectivity index (χ3v) is 3.56. The molecule has 1 saturated heterocycles. The Bertz CT molecular complexity index is 465. The summed E-state index contributed by atoms with van der Waals surface area (Å²) in [6.07, 6.45) is 1.28. The van der Waals surface area contributed by atoms with Gasteiger partial charge in [-0.05, 0) is 19.8 Å². The van der Waals surface area contributed by atoms with Gasteiger partial charge in [-0.2, -0.15) is 0 Å². The fourth-order valence-electron chi connectivity index (χ4n) is 2.06.